The normalized spacial score (nSPS) is 10.9. The highest BCUT2D eigenvalue weighted by Crippen LogP contribution is 2.20. The molecule has 2 aromatic rings. The van der Waals surface area contributed by atoms with Gasteiger partial charge >= 0.3 is 0 Å². The first-order valence-corrected chi connectivity index (χ1v) is 5.07. The Balaban J connectivity index is 2.36. The highest BCUT2D eigenvalue weighted by atomic mass is 16.5. The summed E-state index contributed by atoms with van der Waals surface area (Å²) in [6.45, 7) is 1.46. The van der Waals surface area contributed by atoms with E-state index in [1.54, 1.807) is 24.3 Å². The van der Waals surface area contributed by atoms with Crippen molar-refractivity contribution in [1.82, 2.24) is 19.7 Å². The van der Waals surface area contributed by atoms with Gasteiger partial charge in [-0.1, -0.05) is 0 Å². The molecule has 0 aromatic carbocycles. The molecule has 0 amide bonds. The second-order valence-electron chi connectivity index (χ2n) is 3.62. The Kier molecular flexibility index (Phi) is 3.00. The van der Waals surface area contributed by atoms with Gasteiger partial charge in [0.25, 0.3) is 0 Å². The van der Waals surface area contributed by atoms with Crippen molar-refractivity contribution in [1.29, 1.82) is 0 Å². The van der Waals surface area contributed by atoms with Crippen LogP contribution in [0.5, 0.6) is 0 Å². The number of anilines is 1. The maximum atomic E-state index is 5.05. The van der Waals surface area contributed by atoms with Gasteiger partial charge in [0.2, 0.25) is 0 Å². The van der Waals surface area contributed by atoms with Gasteiger partial charge in [0.1, 0.15) is 12.1 Å². The molecule has 0 spiro atoms. The molecule has 16 heavy (non-hydrogen) atoms. The number of hydrogen-bond acceptors (Lipinski definition) is 5. The van der Waals surface area contributed by atoms with Crippen LogP contribution in [0.15, 0.2) is 12.5 Å². The standard InChI is InChI=1S/C10H15N5O/c1-14(4-5-16-3)9-8-6-13-15(2)10(8)12-7-11-9/h6-7H,4-5H2,1-3H3. The lowest BCUT2D eigenvalue weighted by Crippen LogP contribution is -2.23. The average molecular weight is 221 g/mol. The minimum atomic E-state index is 0.669. The van der Waals surface area contributed by atoms with Gasteiger partial charge in [-0.15, -0.1) is 0 Å². The molecule has 0 unspecified atom stereocenters. The van der Waals surface area contributed by atoms with Crippen molar-refractivity contribution in [2.75, 3.05) is 32.2 Å². The van der Waals surface area contributed by atoms with Crippen molar-refractivity contribution < 1.29 is 4.74 Å². The van der Waals surface area contributed by atoms with Crippen molar-refractivity contribution in [3.05, 3.63) is 12.5 Å². The Bertz CT molecular complexity index is 481. The highest BCUT2D eigenvalue weighted by molar-refractivity contribution is 5.86. The highest BCUT2D eigenvalue weighted by Gasteiger charge is 2.10. The van der Waals surface area contributed by atoms with Crippen LogP contribution in [0.1, 0.15) is 0 Å². The van der Waals surface area contributed by atoms with Gasteiger partial charge in [0, 0.05) is 27.7 Å². The molecule has 0 aliphatic heterocycles. The van der Waals surface area contributed by atoms with Gasteiger partial charge in [0.15, 0.2) is 5.65 Å². The summed E-state index contributed by atoms with van der Waals surface area (Å²) in [5, 5.41) is 5.14. The molecule has 2 rings (SSSR count). The lowest BCUT2D eigenvalue weighted by molar-refractivity contribution is 0.206. The zero-order chi connectivity index (χ0) is 11.5. The van der Waals surface area contributed by atoms with E-state index in [9.17, 15) is 0 Å². The Morgan fingerprint density at radius 2 is 2.25 bits per heavy atom. The van der Waals surface area contributed by atoms with Crippen molar-refractivity contribution in [3.63, 3.8) is 0 Å². The van der Waals surface area contributed by atoms with E-state index in [4.69, 9.17) is 4.74 Å². The molecule has 0 radical (unpaired) electrons. The van der Waals surface area contributed by atoms with Crippen LogP contribution in [0, 0.1) is 0 Å². The van der Waals surface area contributed by atoms with E-state index in [1.165, 1.54) is 0 Å². The molecular formula is C10H15N5O. The molecule has 0 fully saturated rings. The summed E-state index contributed by atoms with van der Waals surface area (Å²) < 4.78 is 6.79. The van der Waals surface area contributed by atoms with E-state index in [0.29, 0.717) is 6.61 Å². The first-order valence-electron chi connectivity index (χ1n) is 5.07. The third kappa shape index (κ3) is 1.83. The number of fused-ring (bicyclic) bond motifs is 1. The van der Waals surface area contributed by atoms with Crippen LogP contribution >= 0.6 is 0 Å². The Hall–Kier alpha value is -1.69. The lowest BCUT2D eigenvalue weighted by Gasteiger charge is -2.17. The number of nitrogens with zero attached hydrogens (tertiary/aromatic N) is 5. The van der Waals surface area contributed by atoms with E-state index in [2.05, 4.69) is 15.1 Å². The summed E-state index contributed by atoms with van der Waals surface area (Å²) in [7, 11) is 5.54. The topological polar surface area (TPSA) is 56.1 Å². The van der Waals surface area contributed by atoms with Crippen LogP contribution < -0.4 is 4.90 Å². The lowest BCUT2D eigenvalue weighted by atomic mass is 10.3. The fourth-order valence-electron chi connectivity index (χ4n) is 1.59. The molecule has 0 bridgehead atoms. The zero-order valence-electron chi connectivity index (χ0n) is 9.71. The zero-order valence-corrected chi connectivity index (χ0v) is 9.71. The predicted molar refractivity (Wildman–Crippen MR) is 61.5 cm³/mol. The Morgan fingerprint density at radius 1 is 1.44 bits per heavy atom. The summed E-state index contributed by atoms with van der Waals surface area (Å²) in [4.78, 5) is 10.5. The molecule has 0 aliphatic rings. The fraction of sp³-hybridized carbons (Fsp3) is 0.500. The first kappa shape index (κ1) is 10.8. The summed E-state index contributed by atoms with van der Waals surface area (Å²) in [5.74, 6) is 0.884. The van der Waals surface area contributed by atoms with Crippen molar-refractivity contribution >= 4 is 16.9 Å². The quantitative estimate of drug-likeness (QED) is 0.750. The summed E-state index contributed by atoms with van der Waals surface area (Å²) in [6.07, 6.45) is 3.34. The first-order chi connectivity index (χ1) is 7.74. The van der Waals surface area contributed by atoms with Crippen molar-refractivity contribution in [2.24, 2.45) is 7.05 Å². The SMILES string of the molecule is COCCN(C)c1ncnc2c1cnn2C. The van der Waals surface area contributed by atoms with Crippen LogP contribution in [-0.4, -0.2) is 47.1 Å². The second-order valence-corrected chi connectivity index (χ2v) is 3.62. The number of aromatic nitrogens is 4. The van der Waals surface area contributed by atoms with E-state index < -0.39 is 0 Å². The number of hydrogen-bond donors (Lipinski definition) is 0. The van der Waals surface area contributed by atoms with Crippen molar-refractivity contribution in [2.45, 2.75) is 0 Å². The van der Waals surface area contributed by atoms with Crippen LogP contribution in [0.4, 0.5) is 5.82 Å². The van der Waals surface area contributed by atoms with E-state index in [1.807, 2.05) is 19.0 Å². The molecule has 0 saturated heterocycles. The second kappa shape index (κ2) is 4.44. The number of methoxy groups -OCH3 is 1. The molecule has 6 heteroatoms. The Labute approximate surface area is 93.9 Å². The largest absolute Gasteiger partial charge is 0.383 e. The molecule has 2 aromatic heterocycles. The van der Waals surface area contributed by atoms with Gasteiger partial charge in [-0.05, 0) is 0 Å². The van der Waals surface area contributed by atoms with Crippen LogP contribution in [0.25, 0.3) is 11.0 Å². The molecule has 2 heterocycles. The molecule has 0 N–H and O–H groups in total. The van der Waals surface area contributed by atoms with Crippen LogP contribution in [0.2, 0.25) is 0 Å². The predicted octanol–water partition coefficient (Wildman–Crippen LogP) is 0.446. The van der Waals surface area contributed by atoms with E-state index in [0.717, 1.165) is 23.4 Å². The molecule has 86 valence electrons. The Morgan fingerprint density at radius 3 is 3.00 bits per heavy atom. The van der Waals surface area contributed by atoms with Crippen molar-refractivity contribution in [3.8, 4) is 0 Å². The fourth-order valence-corrected chi connectivity index (χ4v) is 1.59. The van der Waals surface area contributed by atoms with Crippen LogP contribution in [0.3, 0.4) is 0 Å². The number of likely N-dealkylation sites (N-methyl/N-ethyl adjacent to an activating group) is 1. The number of rotatable bonds is 4. The van der Waals surface area contributed by atoms with Gasteiger partial charge in [-0.3, -0.25) is 4.68 Å². The molecule has 0 saturated carbocycles. The minimum Gasteiger partial charge on any atom is -0.383 e. The van der Waals surface area contributed by atoms with Gasteiger partial charge in [0.05, 0.1) is 18.2 Å². The van der Waals surface area contributed by atoms with E-state index >= 15 is 0 Å². The maximum absolute atomic E-state index is 5.05. The van der Waals surface area contributed by atoms with Gasteiger partial charge < -0.3 is 9.64 Å². The van der Waals surface area contributed by atoms with Gasteiger partial charge in [-0.2, -0.15) is 5.10 Å². The van der Waals surface area contributed by atoms with Crippen LogP contribution in [-0.2, 0) is 11.8 Å². The van der Waals surface area contributed by atoms with E-state index in [-0.39, 0.29) is 0 Å². The molecular weight excluding hydrogens is 206 g/mol. The number of ether oxygens (including phenoxy) is 1. The molecule has 0 aliphatic carbocycles. The summed E-state index contributed by atoms with van der Waals surface area (Å²) in [5.41, 5.74) is 0.842. The molecule has 0 atom stereocenters. The smallest absolute Gasteiger partial charge is 0.163 e. The summed E-state index contributed by atoms with van der Waals surface area (Å²) >= 11 is 0. The third-order valence-corrected chi connectivity index (χ3v) is 2.50. The summed E-state index contributed by atoms with van der Waals surface area (Å²) in [6, 6.07) is 0. The monoisotopic (exact) mass is 221 g/mol. The maximum Gasteiger partial charge on any atom is 0.163 e. The average Bonchev–Trinajstić information content (AvgIpc) is 2.68. The van der Waals surface area contributed by atoms with Gasteiger partial charge in [-0.25, -0.2) is 9.97 Å². The minimum absolute atomic E-state index is 0.669. The molecule has 6 nitrogen and oxygen atoms in total. The number of aryl methyl sites for hydroxylation is 1. The third-order valence-electron chi connectivity index (χ3n) is 2.50.